The number of hydrogen-bond acceptors (Lipinski definition) is 3. The summed E-state index contributed by atoms with van der Waals surface area (Å²) in [4.78, 5) is 3.24. The van der Waals surface area contributed by atoms with Gasteiger partial charge in [-0.3, -0.25) is 0 Å². The predicted octanol–water partition coefficient (Wildman–Crippen LogP) is 4.17. The van der Waals surface area contributed by atoms with Crippen LogP contribution in [0.5, 0.6) is 0 Å². The van der Waals surface area contributed by atoms with E-state index >= 15 is 0 Å². The molecule has 0 aliphatic heterocycles. The summed E-state index contributed by atoms with van der Waals surface area (Å²) in [6.07, 6.45) is -3.62. The smallest absolute Gasteiger partial charge is 0.396 e. The Morgan fingerprint density at radius 2 is 1.85 bits per heavy atom. The van der Waals surface area contributed by atoms with E-state index in [4.69, 9.17) is 5.73 Å². The molecule has 0 saturated heterocycles. The standard InChI is InChI=1S/C12H8F4IN3/c13-6-1-2-9(7(17)3-6)20-10-4-11(12(14,15)16)19-5-8(10)18/h1-5H,18H2,(H,19,20). The average molecular weight is 397 g/mol. The molecule has 2 rings (SSSR count). The van der Waals surface area contributed by atoms with Gasteiger partial charge in [-0.15, -0.1) is 0 Å². The zero-order valence-corrected chi connectivity index (χ0v) is 12.0. The molecule has 0 fully saturated rings. The maximum absolute atomic E-state index is 13.0. The number of hydrogen-bond donors (Lipinski definition) is 2. The van der Waals surface area contributed by atoms with Crippen LogP contribution in [0.15, 0.2) is 30.5 Å². The highest BCUT2D eigenvalue weighted by molar-refractivity contribution is 14.1. The predicted molar refractivity (Wildman–Crippen MR) is 76.1 cm³/mol. The third-order valence-corrected chi connectivity index (χ3v) is 3.32. The van der Waals surface area contributed by atoms with Crippen LogP contribution in [0.25, 0.3) is 0 Å². The number of aromatic nitrogens is 1. The number of nitrogens with two attached hydrogens (primary N) is 1. The van der Waals surface area contributed by atoms with Gasteiger partial charge in [0.2, 0.25) is 0 Å². The monoisotopic (exact) mass is 397 g/mol. The summed E-state index contributed by atoms with van der Waals surface area (Å²) in [6.45, 7) is 0. The van der Waals surface area contributed by atoms with Gasteiger partial charge < -0.3 is 11.1 Å². The summed E-state index contributed by atoms with van der Waals surface area (Å²) in [5.41, 5.74) is 5.13. The Bertz CT molecular complexity index is 643. The summed E-state index contributed by atoms with van der Waals surface area (Å²) < 4.78 is 51.3. The second-order valence-electron chi connectivity index (χ2n) is 3.90. The van der Waals surface area contributed by atoms with Crippen LogP contribution in [0.3, 0.4) is 0 Å². The van der Waals surface area contributed by atoms with E-state index in [0.717, 1.165) is 12.3 Å². The fourth-order valence-corrected chi connectivity index (χ4v) is 2.08. The zero-order chi connectivity index (χ0) is 14.9. The first-order valence-corrected chi connectivity index (χ1v) is 6.40. The molecule has 0 saturated carbocycles. The summed E-state index contributed by atoms with van der Waals surface area (Å²) in [5, 5.41) is 2.74. The van der Waals surface area contributed by atoms with E-state index in [1.54, 1.807) is 0 Å². The minimum atomic E-state index is -4.56. The molecule has 0 amide bonds. The second-order valence-corrected chi connectivity index (χ2v) is 5.07. The average Bonchev–Trinajstić information content (AvgIpc) is 2.33. The number of alkyl halides is 3. The number of rotatable bonds is 2. The molecule has 20 heavy (non-hydrogen) atoms. The van der Waals surface area contributed by atoms with Crippen molar-refractivity contribution in [2.75, 3.05) is 11.1 Å². The third kappa shape index (κ3) is 3.30. The Balaban J connectivity index is 2.38. The molecular weight excluding hydrogens is 389 g/mol. The molecular formula is C12H8F4IN3. The summed E-state index contributed by atoms with van der Waals surface area (Å²) >= 11 is 1.87. The molecule has 0 aliphatic rings. The fraction of sp³-hybridized carbons (Fsp3) is 0.0833. The number of nitrogens with zero attached hydrogens (tertiary/aromatic N) is 1. The van der Waals surface area contributed by atoms with Crippen molar-refractivity contribution in [1.82, 2.24) is 4.98 Å². The lowest BCUT2D eigenvalue weighted by Crippen LogP contribution is -2.09. The van der Waals surface area contributed by atoms with E-state index in [0.29, 0.717) is 9.26 Å². The van der Waals surface area contributed by atoms with Gasteiger partial charge in [-0.25, -0.2) is 9.37 Å². The van der Waals surface area contributed by atoms with Crippen molar-refractivity contribution < 1.29 is 17.6 Å². The minimum Gasteiger partial charge on any atom is -0.396 e. The Labute approximate surface area is 125 Å². The number of halogens is 5. The number of benzene rings is 1. The normalized spacial score (nSPS) is 11.4. The van der Waals surface area contributed by atoms with Gasteiger partial charge in [-0.2, -0.15) is 13.2 Å². The molecule has 0 bridgehead atoms. The van der Waals surface area contributed by atoms with Crippen LogP contribution in [-0.2, 0) is 6.18 Å². The van der Waals surface area contributed by atoms with E-state index in [1.807, 2.05) is 22.6 Å². The molecule has 0 atom stereocenters. The van der Waals surface area contributed by atoms with Gasteiger partial charge in [0.25, 0.3) is 0 Å². The highest BCUT2D eigenvalue weighted by atomic mass is 127. The van der Waals surface area contributed by atoms with E-state index in [2.05, 4.69) is 10.3 Å². The number of nitrogens with one attached hydrogen (secondary N) is 1. The van der Waals surface area contributed by atoms with Crippen LogP contribution >= 0.6 is 22.6 Å². The van der Waals surface area contributed by atoms with Gasteiger partial charge in [0.1, 0.15) is 11.5 Å². The quantitative estimate of drug-likeness (QED) is 0.591. The lowest BCUT2D eigenvalue weighted by atomic mass is 10.2. The van der Waals surface area contributed by atoms with E-state index in [9.17, 15) is 17.6 Å². The molecule has 106 valence electrons. The molecule has 3 N–H and O–H groups in total. The van der Waals surface area contributed by atoms with Gasteiger partial charge in [0.05, 0.1) is 23.3 Å². The van der Waals surface area contributed by atoms with Crippen LogP contribution in [0.1, 0.15) is 5.69 Å². The first kappa shape index (κ1) is 14.8. The summed E-state index contributed by atoms with van der Waals surface area (Å²) in [6, 6.07) is 4.69. The van der Waals surface area contributed by atoms with Crippen molar-refractivity contribution in [2.45, 2.75) is 6.18 Å². The fourth-order valence-electron chi connectivity index (χ4n) is 1.47. The minimum absolute atomic E-state index is 0.0665. The van der Waals surface area contributed by atoms with Gasteiger partial charge in [0.15, 0.2) is 0 Å². The zero-order valence-electron chi connectivity index (χ0n) is 9.80. The SMILES string of the molecule is Nc1cnc(C(F)(F)F)cc1Nc1ccc(F)cc1I. The number of pyridine rings is 1. The van der Waals surface area contributed by atoms with Crippen LogP contribution in [0.2, 0.25) is 0 Å². The van der Waals surface area contributed by atoms with Crippen LogP contribution in [0.4, 0.5) is 34.6 Å². The molecule has 1 heterocycles. The van der Waals surface area contributed by atoms with E-state index < -0.39 is 17.7 Å². The number of nitrogen functional groups attached to an aromatic ring is 1. The number of anilines is 3. The molecule has 8 heteroatoms. The Morgan fingerprint density at radius 1 is 1.15 bits per heavy atom. The Morgan fingerprint density at radius 3 is 2.45 bits per heavy atom. The Kier molecular flexibility index (Phi) is 4.02. The van der Waals surface area contributed by atoms with Crippen LogP contribution in [-0.4, -0.2) is 4.98 Å². The Hall–Kier alpha value is -1.58. The van der Waals surface area contributed by atoms with Gasteiger partial charge in [0, 0.05) is 3.57 Å². The van der Waals surface area contributed by atoms with Crippen molar-refractivity contribution in [3.05, 3.63) is 45.5 Å². The lowest BCUT2D eigenvalue weighted by molar-refractivity contribution is -0.141. The lowest BCUT2D eigenvalue weighted by Gasteiger charge is -2.13. The molecule has 0 unspecified atom stereocenters. The molecule has 0 spiro atoms. The summed E-state index contributed by atoms with van der Waals surface area (Å²) in [7, 11) is 0. The van der Waals surface area contributed by atoms with Crippen molar-refractivity contribution in [2.24, 2.45) is 0 Å². The largest absolute Gasteiger partial charge is 0.433 e. The molecule has 0 aliphatic carbocycles. The second kappa shape index (κ2) is 5.43. The van der Waals surface area contributed by atoms with Crippen molar-refractivity contribution in [3.63, 3.8) is 0 Å². The van der Waals surface area contributed by atoms with Crippen LogP contribution in [0, 0.1) is 9.39 Å². The molecule has 1 aromatic heterocycles. The third-order valence-electron chi connectivity index (χ3n) is 2.43. The molecule has 0 radical (unpaired) electrons. The van der Waals surface area contributed by atoms with Gasteiger partial charge in [-0.1, -0.05) is 0 Å². The van der Waals surface area contributed by atoms with Crippen molar-refractivity contribution in [3.8, 4) is 0 Å². The van der Waals surface area contributed by atoms with E-state index in [1.165, 1.54) is 18.2 Å². The molecule has 3 nitrogen and oxygen atoms in total. The first-order chi connectivity index (χ1) is 9.27. The highest BCUT2D eigenvalue weighted by Gasteiger charge is 2.33. The summed E-state index contributed by atoms with van der Waals surface area (Å²) in [5.74, 6) is -0.432. The molecule has 1 aromatic carbocycles. The van der Waals surface area contributed by atoms with Crippen LogP contribution < -0.4 is 11.1 Å². The first-order valence-electron chi connectivity index (χ1n) is 5.32. The highest BCUT2D eigenvalue weighted by Crippen LogP contribution is 2.33. The van der Waals surface area contributed by atoms with E-state index in [-0.39, 0.29) is 11.4 Å². The van der Waals surface area contributed by atoms with Gasteiger partial charge in [-0.05, 0) is 46.9 Å². The molecule has 2 aromatic rings. The topological polar surface area (TPSA) is 50.9 Å². The van der Waals surface area contributed by atoms with Crippen molar-refractivity contribution >= 4 is 39.7 Å². The van der Waals surface area contributed by atoms with Crippen molar-refractivity contribution in [1.29, 1.82) is 0 Å². The maximum Gasteiger partial charge on any atom is 0.433 e. The maximum atomic E-state index is 13.0. The van der Waals surface area contributed by atoms with Gasteiger partial charge >= 0.3 is 6.18 Å².